The average molecular weight is 216 g/mol. The molecule has 1 heterocycles. The molecule has 88 valence electrons. The second kappa shape index (κ2) is 4.83. The summed E-state index contributed by atoms with van der Waals surface area (Å²) in [7, 11) is 0.689. The third kappa shape index (κ3) is 3.18. The Balaban J connectivity index is 2.56. The fourth-order valence-electron chi connectivity index (χ4n) is 1.74. The van der Waals surface area contributed by atoms with E-state index < -0.39 is 18.3 Å². The number of aliphatic hydroxyl groups is 3. The van der Waals surface area contributed by atoms with Gasteiger partial charge in [0.15, 0.2) is 7.28 Å². The Bertz CT molecular complexity index is 210. The van der Waals surface area contributed by atoms with Gasteiger partial charge in [-0.05, 0) is 0 Å². The molecule has 0 aromatic heterocycles. The van der Waals surface area contributed by atoms with E-state index in [0.29, 0.717) is 7.28 Å². The van der Waals surface area contributed by atoms with E-state index in [9.17, 15) is 15.3 Å². The van der Waals surface area contributed by atoms with E-state index in [0.717, 1.165) is 6.42 Å². The molecule has 0 amide bonds. The Kier molecular flexibility index (Phi) is 4.17. The van der Waals surface area contributed by atoms with E-state index in [1.165, 1.54) is 0 Å². The molecule has 1 rings (SSSR count). The van der Waals surface area contributed by atoms with E-state index in [1.807, 2.05) is 0 Å². The maximum atomic E-state index is 9.73. The van der Waals surface area contributed by atoms with Crippen LogP contribution in [0.15, 0.2) is 0 Å². The maximum Gasteiger partial charge on any atom is 0.167 e. The van der Waals surface area contributed by atoms with Crippen LogP contribution in [-0.2, 0) is 4.74 Å². The topological polar surface area (TPSA) is 69.9 Å². The van der Waals surface area contributed by atoms with Crippen LogP contribution in [-0.4, -0.2) is 53.5 Å². The van der Waals surface area contributed by atoms with E-state index >= 15 is 0 Å². The van der Waals surface area contributed by atoms with Crippen molar-refractivity contribution in [2.75, 3.05) is 6.61 Å². The van der Waals surface area contributed by atoms with Crippen molar-refractivity contribution < 1.29 is 20.1 Å². The van der Waals surface area contributed by atoms with Gasteiger partial charge in [0, 0.05) is 0 Å². The highest BCUT2D eigenvalue weighted by molar-refractivity contribution is 6.41. The Labute approximate surface area is 91.5 Å². The minimum atomic E-state index is -1.09. The SMILES string of the molecule is CCC(C)(C)BC1OCC(O)C(O)C1O. The second-order valence-corrected chi connectivity index (χ2v) is 5.14. The van der Waals surface area contributed by atoms with Crippen molar-refractivity contribution in [3.05, 3.63) is 0 Å². The van der Waals surface area contributed by atoms with Crippen LogP contribution in [0.5, 0.6) is 0 Å². The fraction of sp³-hybridized carbons (Fsp3) is 1.00. The summed E-state index contributed by atoms with van der Waals surface area (Å²) in [5, 5.41) is 28.6. The molecule has 0 saturated carbocycles. The highest BCUT2D eigenvalue weighted by atomic mass is 16.5. The Morgan fingerprint density at radius 1 is 1.27 bits per heavy atom. The van der Waals surface area contributed by atoms with Gasteiger partial charge >= 0.3 is 0 Å². The zero-order chi connectivity index (χ0) is 11.6. The summed E-state index contributed by atoms with van der Waals surface area (Å²) in [6, 6.07) is -0.377. The lowest BCUT2D eigenvalue weighted by atomic mass is 9.48. The average Bonchev–Trinajstić information content (AvgIpc) is 2.19. The summed E-state index contributed by atoms with van der Waals surface area (Å²) in [5.41, 5.74) is 0. The minimum absolute atomic E-state index is 0.0770. The molecular formula is C10H21BO4. The van der Waals surface area contributed by atoms with Crippen molar-refractivity contribution in [3.63, 3.8) is 0 Å². The molecule has 4 unspecified atom stereocenters. The lowest BCUT2D eigenvalue weighted by molar-refractivity contribution is -0.165. The summed E-state index contributed by atoms with van der Waals surface area (Å²) in [5.74, 6) is 0. The maximum absolute atomic E-state index is 9.73. The predicted molar refractivity (Wildman–Crippen MR) is 59.2 cm³/mol. The molecular weight excluding hydrogens is 195 g/mol. The largest absolute Gasteiger partial charge is 0.388 e. The molecule has 0 spiro atoms. The number of hydrogen-bond donors (Lipinski definition) is 3. The molecule has 1 fully saturated rings. The van der Waals surface area contributed by atoms with Gasteiger partial charge in [-0.3, -0.25) is 0 Å². The van der Waals surface area contributed by atoms with Gasteiger partial charge in [-0.2, -0.15) is 0 Å². The standard InChI is InChI=1S/C10H21BO4/c1-4-10(2,3)11-9-8(14)7(13)6(12)5-15-9/h6-9,11-14H,4-5H2,1-3H3. The van der Waals surface area contributed by atoms with Gasteiger partial charge in [0.1, 0.15) is 18.3 Å². The molecule has 5 heteroatoms. The van der Waals surface area contributed by atoms with Gasteiger partial charge in [0.2, 0.25) is 0 Å². The molecule has 4 atom stereocenters. The minimum Gasteiger partial charge on any atom is -0.388 e. The fourth-order valence-corrected chi connectivity index (χ4v) is 1.74. The van der Waals surface area contributed by atoms with Gasteiger partial charge in [-0.15, -0.1) is 0 Å². The molecule has 1 saturated heterocycles. The van der Waals surface area contributed by atoms with Crippen molar-refractivity contribution in [3.8, 4) is 0 Å². The monoisotopic (exact) mass is 216 g/mol. The molecule has 0 aromatic rings. The molecule has 1 aliphatic heterocycles. The number of hydrogen-bond acceptors (Lipinski definition) is 4. The number of rotatable bonds is 3. The van der Waals surface area contributed by atoms with Gasteiger partial charge in [-0.25, -0.2) is 0 Å². The van der Waals surface area contributed by atoms with Crippen LogP contribution in [0.25, 0.3) is 0 Å². The number of aliphatic hydroxyl groups excluding tert-OH is 3. The van der Waals surface area contributed by atoms with Crippen LogP contribution in [0.3, 0.4) is 0 Å². The van der Waals surface area contributed by atoms with Gasteiger partial charge in [-0.1, -0.05) is 32.5 Å². The Morgan fingerprint density at radius 2 is 1.87 bits per heavy atom. The Hall–Kier alpha value is -0.0951. The molecule has 0 aromatic carbocycles. The molecule has 0 radical (unpaired) electrons. The highest BCUT2D eigenvalue weighted by Gasteiger charge is 2.40. The van der Waals surface area contributed by atoms with Crippen molar-refractivity contribution in [1.29, 1.82) is 0 Å². The summed E-state index contributed by atoms with van der Waals surface area (Å²) < 4.78 is 5.35. The summed E-state index contributed by atoms with van der Waals surface area (Å²) >= 11 is 0. The highest BCUT2D eigenvalue weighted by Crippen LogP contribution is 2.30. The third-order valence-corrected chi connectivity index (χ3v) is 3.32. The lowest BCUT2D eigenvalue weighted by Gasteiger charge is -2.38. The summed E-state index contributed by atoms with van der Waals surface area (Å²) in [6.07, 6.45) is -2.06. The first-order valence-electron chi connectivity index (χ1n) is 5.53. The summed E-state index contributed by atoms with van der Waals surface area (Å²) in [6.45, 7) is 6.38. The van der Waals surface area contributed by atoms with Crippen LogP contribution in [0.4, 0.5) is 0 Å². The first kappa shape index (κ1) is 13.0. The molecule has 1 aliphatic rings. The van der Waals surface area contributed by atoms with Crippen LogP contribution < -0.4 is 0 Å². The van der Waals surface area contributed by atoms with Gasteiger partial charge < -0.3 is 20.1 Å². The predicted octanol–water partition coefficient (Wildman–Crippen LogP) is -0.530. The van der Waals surface area contributed by atoms with Crippen LogP contribution >= 0.6 is 0 Å². The first-order valence-corrected chi connectivity index (χ1v) is 5.53. The van der Waals surface area contributed by atoms with Crippen LogP contribution in [0.1, 0.15) is 27.2 Å². The van der Waals surface area contributed by atoms with Crippen molar-refractivity contribution >= 4 is 7.28 Å². The van der Waals surface area contributed by atoms with Crippen molar-refractivity contribution in [2.24, 2.45) is 0 Å². The van der Waals surface area contributed by atoms with Crippen LogP contribution in [0.2, 0.25) is 5.31 Å². The van der Waals surface area contributed by atoms with E-state index in [2.05, 4.69) is 20.8 Å². The van der Waals surface area contributed by atoms with E-state index in [1.54, 1.807) is 0 Å². The zero-order valence-electron chi connectivity index (χ0n) is 9.68. The van der Waals surface area contributed by atoms with Gasteiger partial charge in [0.05, 0.1) is 12.6 Å². The van der Waals surface area contributed by atoms with E-state index in [-0.39, 0.29) is 17.9 Å². The number of ether oxygens (including phenoxy) is 1. The van der Waals surface area contributed by atoms with Crippen molar-refractivity contribution in [2.45, 2.75) is 56.8 Å². The van der Waals surface area contributed by atoms with Crippen LogP contribution in [0, 0.1) is 0 Å². The smallest absolute Gasteiger partial charge is 0.167 e. The zero-order valence-corrected chi connectivity index (χ0v) is 9.68. The Morgan fingerprint density at radius 3 is 2.40 bits per heavy atom. The molecule has 0 aliphatic carbocycles. The van der Waals surface area contributed by atoms with Gasteiger partial charge in [0.25, 0.3) is 0 Å². The first-order chi connectivity index (χ1) is 6.87. The second-order valence-electron chi connectivity index (χ2n) is 5.14. The molecule has 15 heavy (non-hydrogen) atoms. The third-order valence-electron chi connectivity index (χ3n) is 3.32. The normalized spacial score (nSPS) is 37.7. The quantitative estimate of drug-likeness (QED) is 0.554. The van der Waals surface area contributed by atoms with E-state index in [4.69, 9.17) is 4.74 Å². The molecule has 4 nitrogen and oxygen atoms in total. The lowest BCUT2D eigenvalue weighted by Crippen LogP contribution is -2.56. The molecule has 3 N–H and O–H groups in total. The van der Waals surface area contributed by atoms with Crippen molar-refractivity contribution in [1.82, 2.24) is 0 Å². The summed E-state index contributed by atoms with van der Waals surface area (Å²) in [4.78, 5) is 0. The molecule has 0 bridgehead atoms.